The number of ether oxygens (including phenoxy) is 1. The molecule has 1 saturated heterocycles. The number of rotatable bonds is 5. The fourth-order valence-electron chi connectivity index (χ4n) is 2.09. The largest absolute Gasteiger partial charge is 0.492 e. The van der Waals surface area contributed by atoms with Gasteiger partial charge in [0.15, 0.2) is 0 Å². The van der Waals surface area contributed by atoms with Gasteiger partial charge < -0.3 is 4.74 Å². The first-order valence-electron chi connectivity index (χ1n) is 6.24. The van der Waals surface area contributed by atoms with Crippen LogP contribution in [0.25, 0.3) is 0 Å². The molecule has 0 aromatic carbocycles. The van der Waals surface area contributed by atoms with Crippen LogP contribution < -0.4 is 4.74 Å². The van der Waals surface area contributed by atoms with E-state index in [9.17, 15) is 0 Å². The van der Waals surface area contributed by atoms with Crippen LogP contribution >= 0.6 is 11.6 Å². The minimum atomic E-state index is 0.434. The Morgan fingerprint density at radius 2 is 2.12 bits per heavy atom. The molecule has 0 N–H and O–H groups in total. The van der Waals surface area contributed by atoms with Gasteiger partial charge in [0.05, 0.1) is 11.6 Å². The van der Waals surface area contributed by atoms with Crippen molar-refractivity contribution in [2.45, 2.75) is 25.1 Å². The number of aromatic nitrogens is 1. The molecule has 94 valence electrons. The van der Waals surface area contributed by atoms with Gasteiger partial charge in [0.2, 0.25) is 0 Å². The molecule has 2 rings (SSSR count). The number of hydrogen-bond donors (Lipinski definition) is 0. The summed E-state index contributed by atoms with van der Waals surface area (Å²) >= 11 is 5.73. The molecular formula is C13H19ClN2O. The van der Waals surface area contributed by atoms with Crippen molar-refractivity contribution in [1.82, 2.24) is 9.88 Å². The van der Waals surface area contributed by atoms with Gasteiger partial charge in [0.1, 0.15) is 12.4 Å². The van der Waals surface area contributed by atoms with Crippen LogP contribution in [0.3, 0.4) is 0 Å². The van der Waals surface area contributed by atoms with Crippen molar-refractivity contribution in [2.24, 2.45) is 0 Å². The number of piperidine rings is 1. The summed E-state index contributed by atoms with van der Waals surface area (Å²) in [4.78, 5) is 6.60. The summed E-state index contributed by atoms with van der Waals surface area (Å²) in [6.07, 6.45) is 5.77. The normalized spacial score (nSPS) is 17.0. The predicted octanol–water partition coefficient (Wildman–Crippen LogP) is 2.69. The number of nitrogens with zero attached hydrogens (tertiary/aromatic N) is 2. The van der Waals surface area contributed by atoms with Gasteiger partial charge >= 0.3 is 0 Å². The maximum atomic E-state index is 5.73. The first kappa shape index (κ1) is 12.7. The van der Waals surface area contributed by atoms with Crippen LogP contribution in [0.1, 0.15) is 25.0 Å². The highest BCUT2D eigenvalue weighted by atomic mass is 35.5. The molecular weight excluding hydrogens is 236 g/mol. The average molecular weight is 255 g/mol. The van der Waals surface area contributed by atoms with E-state index in [0.717, 1.165) is 24.6 Å². The molecule has 2 heterocycles. The molecule has 1 aromatic rings. The molecule has 3 nitrogen and oxygen atoms in total. The highest BCUT2D eigenvalue weighted by Crippen LogP contribution is 2.13. The predicted molar refractivity (Wildman–Crippen MR) is 69.6 cm³/mol. The van der Waals surface area contributed by atoms with E-state index >= 15 is 0 Å². The van der Waals surface area contributed by atoms with E-state index in [-0.39, 0.29) is 0 Å². The summed E-state index contributed by atoms with van der Waals surface area (Å²) < 4.78 is 5.71. The van der Waals surface area contributed by atoms with Gasteiger partial charge in [-0.05, 0) is 32.0 Å². The van der Waals surface area contributed by atoms with Crippen LogP contribution in [-0.2, 0) is 5.88 Å². The lowest BCUT2D eigenvalue weighted by Crippen LogP contribution is -2.33. The van der Waals surface area contributed by atoms with Crippen LogP contribution in [0.15, 0.2) is 18.3 Å². The molecule has 0 atom stereocenters. The fourth-order valence-corrected chi connectivity index (χ4v) is 2.24. The first-order chi connectivity index (χ1) is 8.38. The van der Waals surface area contributed by atoms with Gasteiger partial charge in [0.25, 0.3) is 0 Å². The van der Waals surface area contributed by atoms with Crippen molar-refractivity contribution in [1.29, 1.82) is 0 Å². The standard InChI is InChI=1S/C13H19ClN2O/c14-11-12-10-13(4-5-15-12)17-9-8-16-6-2-1-3-7-16/h4-5,10H,1-3,6-9,11H2. The lowest BCUT2D eigenvalue weighted by molar-refractivity contribution is 0.183. The number of pyridine rings is 1. The van der Waals surface area contributed by atoms with Gasteiger partial charge in [-0.25, -0.2) is 0 Å². The van der Waals surface area contributed by atoms with Crippen molar-refractivity contribution >= 4 is 11.6 Å². The highest BCUT2D eigenvalue weighted by Gasteiger charge is 2.09. The molecule has 0 amide bonds. The van der Waals surface area contributed by atoms with Crippen LogP contribution in [0.5, 0.6) is 5.75 Å². The Kier molecular flexibility index (Phi) is 5.08. The van der Waals surface area contributed by atoms with Gasteiger partial charge in [-0.15, -0.1) is 11.6 Å². The van der Waals surface area contributed by atoms with E-state index in [0.29, 0.717) is 5.88 Å². The maximum Gasteiger partial charge on any atom is 0.122 e. The third-order valence-electron chi connectivity index (χ3n) is 3.05. The lowest BCUT2D eigenvalue weighted by atomic mass is 10.1. The summed E-state index contributed by atoms with van der Waals surface area (Å²) in [5.41, 5.74) is 0.863. The third kappa shape index (κ3) is 4.17. The highest BCUT2D eigenvalue weighted by molar-refractivity contribution is 6.16. The van der Waals surface area contributed by atoms with Crippen molar-refractivity contribution in [3.8, 4) is 5.75 Å². The quantitative estimate of drug-likeness (QED) is 0.756. The minimum absolute atomic E-state index is 0.434. The molecule has 1 fully saturated rings. The van der Waals surface area contributed by atoms with E-state index in [1.165, 1.54) is 32.4 Å². The second-order valence-electron chi connectivity index (χ2n) is 4.37. The molecule has 0 radical (unpaired) electrons. The van der Waals surface area contributed by atoms with Crippen LogP contribution in [0.2, 0.25) is 0 Å². The van der Waals surface area contributed by atoms with Crippen LogP contribution in [0.4, 0.5) is 0 Å². The van der Waals surface area contributed by atoms with Gasteiger partial charge in [-0.3, -0.25) is 9.88 Å². The molecule has 0 saturated carbocycles. The van der Waals surface area contributed by atoms with E-state index in [1.807, 2.05) is 12.1 Å². The summed E-state index contributed by atoms with van der Waals surface area (Å²) in [5, 5.41) is 0. The van der Waals surface area contributed by atoms with E-state index in [1.54, 1.807) is 6.20 Å². The van der Waals surface area contributed by atoms with Crippen molar-refractivity contribution in [3.05, 3.63) is 24.0 Å². The Morgan fingerprint density at radius 3 is 2.88 bits per heavy atom. The number of alkyl halides is 1. The Bertz CT molecular complexity index is 340. The topological polar surface area (TPSA) is 25.4 Å². The van der Waals surface area contributed by atoms with Crippen molar-refractivity contribution in [2.75, 3.05) is 26.2 Å². The van der Waals surface area contributed by atoms with E-state index in [2.05, 4.69) is 9.88 Å². The molecule has 1 aliphatic heterocycles. The zero-order valence-electron chi connectivity index (χ0n) is 10.1. The Labute approximate surface area is 108 Å². The number of likely N-dealkylation sites (tertiary alicyclic amines) is 1. The van der Waals surface area contributed by atoms with Gasteiger partial charge in [-0.1, -0.05) is 6.42 Å². The van der Waals surface area contributed by atoms with Crippen LogP contribution in [0, 0.1) is 0 Å². The molecule has 0 aliphatic carbocycles. The second kappa shape index (κ2) is 6.82. The zero-order valence-corrected chi connectivity index (χ0v) is 10.8. The Hall–Kier alpha value is -0.800. The summed E-state index contributed by atoms with van der Waals surface area (Å²) in [6.45, 7) is 4.18. The molecule has 17 heavy (non-hydrogen) atoms. The number of halogens is 1. The van der Waals surface area contributed by atoms with E-state index < -0.39 is 0 Å². The maximum absolute atomic E-state index is 5.73. The third-order valence-corrected chi connectivity index (χ3v) is 3.32. The zero-order chi connectivity index (χ0) is 11.9. The molecule has 0 bridgehead atoms. The van der Waals surface area contributed by atoms with E-state index in [4.69, 9.17) is 16.3 Å². The summed E-state index contributed by atoms with van der Waals surface area (Å²) in [5.74, 6) is 1.30. The van der Waals surface area contributed by atoms with Crippen LogP contribution in [-0.4, -0.2) is 36.1 Å². The smallest absolute Gasteiger partial charge is 0.122 e. The van der Waals surface area contributed by atoms with Crippen molar-refractivity contribution in [3.63, 3.8) is 0 Å². The molecule has 0 spiro atoms. The molecule has 4 heteroatoms. The minimum Gasteiger partial charge on any atom is -0.492 e. The number of hydrogen-bond acceptors (Lipinski definition) is 3. The fraction of sp³-hybridized carbons (Fsp3) is 0.615. The first-order valence-corrected chi connectivity index (χ1v) is 6.78. The molecule has 1 aliphatic rings. The Balaban J connectivity index is 1.73. The van der Waals surface area contributed by atoms with Crippen molar-refractivity contribution < 1.29 is 4.74 Å². The second-order valence-corrected chi connectivity index (χ2v) is 4.63. The van der Waals surface area contributed by atoms with Gasteiger partial charge in [0, 0.05) is 18.8 Å². The monoisotopic (exact) mass is 254 g/mol. The van der Waals surface area contributed by atoms with Gasteiger partial charge in [-0.2, -0.15) is 0 Å². The SMILES string of the molecule is ClCc1cc(OCCN2CCCCC2)ccn1. The lowest BCUT2D eigenvalue weighted by Gasteiger charge is -2.26. The summed E-state index contributed by atoms with van der Waals surface area (Å²) in [7, 11) is 0. The molecule has 1 aromatic heterocycles. The Morgan fingerprint density at radius 1 is 1.29 bits per heavy atom. The summed E-state index contributed by atoms with van der Waals surface area (Å²) in [6, 6.07) is 3.79. The molecule has 0 unspecified atom stereocenters. The average Bonchev–Trinajstić information content (AvgIpc) is 2.40.